The molecular weight excluding hydrogens is 434 g/mol. The maximum Gasteiger partial charge on any atom is 0.335 e. The van der Waals surface area contributed by atoms with Gasteiger partial charge in [0.2, 0.25) is 0 Å². The smallest absolute Gasteiger partial charge is 0.335 e. The van der Waals surface area contributed by atoms with Crippen LogP contribution in [0, 0.1) is 6.92 Å². The molecule has 2 heterocycles. The number of nitrogens with zero attached hydrogens (tertiary/aromatic N) is 2. The molecule has 2 N–H and O–H groups in total. The van der Waals surface area contributed by atoms with Gasteiger partial charge in [-0.1, -0.05) is 30.0 Å². The van der Waals surface area contributed by atoms with Crippen LogP contribution < -0.4 is 5.43 Å². The Morgan fingerprint density at radius 1 is 1.23 bits per heavy atom. The zero-order chi connectivity index (χ0) is 21.8. The van der Waals surface area contributed by atoms with Gasteiger partial charge in [0.1, 0.15) is 11.5 Å². The first-order valence-corrected chi connectivity index (χ1v) is 11.0. The van der Waals surface area contributed by atoms with Gasteiger partial charge in [0.05, 0.1) is 27.7 Å². The van der Waals surface area contributed by atoms with Gasteiger partial charge in [0.15, 0.2) is 4.34 Å². The number of aromatic carboxylic acids is 1. The van der Waals surface area contributed by atoms with Crippen LogP contribution in [-0.4, -0.2) is 33.9 Å². The van der Waals surface area contributed by atoms with Crippen molar-refractivity contribution < 1.29 is 19.1 Å². The number of hydrogen-bond acceptors (Lipinski definition) is 7. The molecule has 0 unspecified atom stereocenters. The number of furan rings is 1. The first-order chi connectivity index (χ1) is 15.0. The topological polar surface area (TPSA) is 105 Å². The van der Waals surface area contributed by atoms with E-state index in [1.54, 1.807) is 35.6 Å². The molecule has 2 aromatic heterocycles. The van der Waals surface area contributed by atoms with Crippen molar-refractivity contribution in [1.29, 1.82) is 0 Å². The van der Waals surface area contributed by atoms with Crippen molar-refractivity contribution >= 4 is 51.4 Å². The number of carbonyl (C=O) groups is 2. The Morgan fingerprint density at radius 3 is 2.84 bits per heavy atom. The number of thioether (sulfide) groups is 1. The maximum atomic E-state index is 12.0. The van der Waals surface area contributed by atoms with Gasteiger partial charge in [-0.15, -0.1) is 11.3 Å². The molecule has 0 aliphatic rings. The summed E-state index contributed by atoms with van der Waals surface area (Å²) in [5, 5.41) is 13.0. The first kappa shape index (κ1) is 20.8. The first-order valence-electron chi connectivity index (χ1n) is 9.24. The third-order valence-electron chi connectivity index (χ3n) is 4.35. The normalized spacial score (nSPS) is 11.3. The van der Waals surface area contributed by atoms with E-state index in [0.29, 0.717) is 11.5 Å². The van der Waals surface area contributed by atoms with E-state index >= 15 is 0 Å². The lowest BCUT2D eigenvalue weighted by atomic mass is 10.0. The average Bonchev–Trinajstić information content (AvgIpc) is 3.38. The molecule has 4 aromatic rings. The highest BCUT2D eigenvalue weighted by Crippen LogP contribution is 2.29. The number of carboxylic acids is 1. The number of para-hydroxylation sites is 1. The van der Waals surface area contributed by atoms with Crippen LogP contribution in [0.15, 0.2) is 68.5 Å². The summed E-state index contributed by atoms with van der Waals surface area (Å²) in [5.41, 5.74) is 5.21. The zero-order valence-electron chi connectivity index (χ0n) is 16.4. The van der Waals surface area contributed by atoms with Crippen molar-refractivity contribution in [3.63, 3.8) is 0 Å². The third kappa shape index (κ3) is 5.01. The highest BCUT2D eigenvalue weighted by molar-refractivity contribution is 8.01. The number of aryl methyl sites for hydroxylation is 1. The number of benzene rings is 2. The van der Waals surface area contributed by atoms with Gasteiger partial charge < -0.3 is 9.52 Å². The van der Waals surface area contributed by atoms with Crippen LogP contribution in [0.1, 0.15) is 21.7 Å². The predicted molar refractivity (Wildman–Crippen MR) is 122 cm³/mol. The Hall–Kier alpha value is -3.43. The van der Waals surface area contributed by atoms with E-state index in [-0.39, 0.29) is 17.2 Å². The molecule has 0 fully saturated rings. The minimum Gasteiger partial charge on any atom is -0.478 e. The number of thiazole rings is 1. The average molecular weight is 452 g/mol. The van der Waals surface area contributed by atoms with E-state index in [4.69, 9.17) is 9.52 Å². The Balaban J connectivity index is 1.32. The van der Waals surface area contributed by atoms with Crippen LogP contribution in [-0.2, 0) is 4.79 Å². The summed E-state index contributed by atoms with van der Waals surface area (Å²) in [6.45, 7) is 1.82. The number of carbonyl (C=O) groups excluding carboxylic acids is 1. The van der Waals surface area contributed by atoms with Gasteiger partial charge in [-0.3, -0.25) is 4.79 Å². The molecule has 9 heteroatoms. The van der Waals surface area contributed by atoms with Gasteiger partial charge in [-0.05, 0) is 48.9 Å². The predicted octanol–water partition coefficient (Wildman–Crippen LogP) is 4.81. The minimum atomic E-state index is -0.973. The maximum absolute atomic E-state index is 12.0. The summed E-state index contributed by atoms with van der Waals surface area (Å²) < 4.78 is 7.66. The quantitative estimate of drug-likeness (QED) is 0.237. The van der Waals surface area contributed by atoms with E-state index < -0.39 is 5.97 Å². The van der Waals surface area contributed by atoms with Crippen molar-refractivity contribution in [2.24, 2.45) is 5.10 Å². The van der Waals surface area contributed by atoms with Crippen LogP contribution in [0.3, 0.4) is 0 Å². The van der Waals surface area contributed by atoms with Gasteiger partial charge in [-0.2, -0.15) is 5.10 Å². The Bertz CT molecular complexity index is 1260. The number of rotatable bonds is 7. The van der Waals surface area contributed by atoms with Gasteiger partial charge in [-0.25, -0.2) is 15.2 Å². The summed E-state index contributed by atoms with van der Waals surface area (Å²) >= 11 is 2.91. The molecule has 0 aliphatic heterocycles. The van der Waals surface area contributed by atoms with E-state index in [2.05, 4.69) is 15.5 Å². The van der Waals surface area contributed by atoms with E-state index in [1.165, 1.54) is 24.0 Å². The lowest BCUT2D eigenvalue weighted by Gasteiger charge is -2.03. The summed E-state index contributed by atoms with van der Waals surface area (Å²) in [5.74, 6) is 0.0474. The van der Waals surface area contributed by atoms with Crippen molar-refractivity contribution in [2.75, 3.05) is 5.75 Å². The molecule has 156 valence electrons. The monoisotopic (exact) mass is 451 g/mol. The fourth-order valence-electron chi connectivity index (χ4n) is 2.88. The Morgan fingerprint density at radius 2 is 2.06 bits per heavy atom. The van der Waals surface area contributed by atoms with E-state index in [1.807, 2.05) is 31.2 Å². The highest BCUT2D eigenvalue weighted by atomic mass is 32.2. The lowest BCUT2D eigenvalue weighted by molar-refractivity contribution is -0.118. The number of hydrazone groups is 1. The summed E-state index contributed by atoms with van der Waals surface area (Å²) in [6, 6.07) is 16.2. The van der Waals surface area contributed by atoms with Crippen LogP contribution in [0.4, 0.5) is 0 Å². The number of fused-ring (bicyclic) bond motifs is 1. The van der Waals surface area contributed by atoms with E-state index in [0.717, 1.165) is 25.7 Å². The van der Waals surface area contributed by atoms with Gasteiger partial charge >= 0.3 is 5.97 Å². The second kappa shape index (κ2) is 9.15. The van der Waals surface area contributed by atoms with Crippen LogP contribution in [0.5, 0.6) is 0 Å². The summed E-state index contributed by atoms with van der Waals surface area (Å²) in [6.07, 6.45) is 1.42. The van der Waals surface area contributed by atoms with Gasteiger partial charge in [0.25, 0.3) is 5.91 Å². The summed E-state index contributed by atoms with van der Waals surface area (Å²) in [4.78, 5) is 27.6. The second-order valence-corrected chi connectivity index (χ2v) is 8.82. The molecule has 0 spiro atoms. The van der Waals surface area contributed by atoms with Crippen LogP contribution >= 0.6 is 23.1 Å². The largest absolute Gasteiger partial charge is 0.478 e. The molecule has 0 saturated carbocycles. The molecule has 0 saturated heterocycles. The Labute approximate surface area is 185 Å². The number of aromatic nitrogens is 1. The molecule has 0 atom stereocenters. The summed E-state index contributed by atoms with van der Waals surface area (Å²) in [7, 11) is 0. The lowest BCUT2D eigenvalue weighted by Crippen LogP contribution is -2.19. The molecule has 31 heavy (non-hydrogen) atoms. The number of amides is 1. The molecular formula is C22H17N3O4S2. The molecule has 0 radical (unpaired) electrons. The fourth-order valence-corrected chi connectivity index (χ4v) is 4.74. The molecule has 0 aliphatic carbocycles. The van der Waals surface area contributed by atoms with Crippen LogP contribution in [0.2, 0.25) is 0 Å². The van der Waals surface area contributed by atoms with Crippen LogP contribution in [0.25, 0.3) is 21.5 Å². The minimum absolute atomic E-state index is 0.204. The highest BCUT2D eigenvalue weighted by Gasteiger charge is 2.11. The van der Waals surface area contributed by atoms with Gasteiger partial charge in [0, 0.05) is 5.56 Å². The van der Waals surface area contributed by atoms with Crippen molar-refractivity contribution in [1.82, 2.24) is 10.4 Å². The second-order valence-electron chi connectivity index (χ2n) is 6.57. The third-order valence-corrected chi connectivity index (χ3v) is 6.53. The standard InChI is InChI=1S/C22H17N3O4S2/c1-13-10-14(21(27)28)6-8-16(13)18-9-7-15(29-18)11-23-25-20(26)12-30-22-24-17-4-2-3-5-19(17)31-22/h2-11H,12H2,1H3,(H,25,26)(H,27,28)/b23-11-. The zero-order valence-corrected chi connectivity index (χ0v) is 18.0. The SMILES string of the molecule is Cc1cc(C(=O)O)ccc1-c1ccc(/C=N\NC(=O)CSc2nc3ccccc3s2)o1. The number of hydrogen-bond donors (Lipinski definition) is 2. The fraction of sp³-hybridized carbons (Fsp3) is 0.0909. The van der Waals surface area contributed by atoms with Crippen molar-refractivity contribution in [3.8, 4) is 11.3 Å². The Kier molecular flexibility index (Phi) is 6.15. The molecule has 2 aromatic carbocycles. The number of nitrogens with one attached hydrogen (secondary N) is 1. The molecule has 1 amide bonds. The van der Waals surface area contributed by atoms with Crippen molar-refractivity contribution in [2.45, 2.75) is 11.3 Å². The molecule has 0 bridgehead atoms. The molecule has 7 nitrogen and oxygen atoms in total. The molecule has 4 rings (SSSR count). The number of carboxylic acid groups (broad SMARTS) is 1. The van der Waals surface area contributed by atoms with E-state index in [9.17, 15) is 9.59 Å². The van der Waals surface area contributed by atoms with Crippen molar-refractivity contribution in [3.05, 3.63) is 71.5 Å².